The summed E-state index contributed by atoms with van der Waals surface area (Å²) in [5.41, 5.74) is 6.55. The number of allylic oxidation sites excluding steroid dienone is 2. The molecule has 0 radical (unpaired) electrons. The third-order valence-electron chi connectivity index (χ3n) is 4.87. The molecule has 0 bridgehead atoms. The number of carbonyl (C=O) groups excluding carboxylic acids is 2. The standard InChI is InChI=1S/C14H15N3O3/c1-5-9(15)12(19)8-6(2)14(20-3)13-7(16-13)4-17(14)10(8)11(5)18/h7,13,16H,2,4,15H2,1,3H3/t7-,13-,14+/m1/s1. The van der Waals surface area contributed by atoms with Gasteiger partial charge in [0, 0.05) is 30.8 Å². The van der Waals surface area contributed by atoms with Gasteiger partial charge in [-0.05, 0) is 6.92 Å². The van der Waals surface area contributed by atoms with E-state index in [0.29, 0.717) is 29.0 Å². The third-order valence-corrected chi connectivity index (χ3v) is 4.87. The van der Waals surface area contributed by atoms with E-state index in [4.69, 9.17) is 10.5 Å². The number of methoxy groups -OCH3 is 1. The number of hydrogen-bond donors (Lipinski definition) is 2. The lowest BCUT2D eigenvalue weighted by Crippen LogP contribution is -2.50. The average Bonchev–Trinajstić information content (AvgIpc) is 3.06. The quantitative estimate of drug-likeness (QED) is 0.479. The van der Waals surface area contributed by atoms with Crippen LogP contribution in [-0.4, -0.2) is 47.9 Å². The lowest BCUT2D eigenvalue weighted by molar-refractivity contribution is -0.119. The average molecular weight is 273 g/mol. The molecule has 6 nitrogen and oxygen atoms in total. The van der Waals surface area contributed by atoms with Gasteiger partial charge >= 0.3 is 0 Å². The Bertz CT molecular complexity index is 675. The summed E-state index contributed by atoms with van der Waals surface area (Å²) in [6.45, 7) is 6.26. The van der Waals surface area contributed by atoms with Crippen molar-refractivity contribution in [2.24, 2.45) is 5.73 Å². The molecule has 6 heteroatoms. The number of hydrogen-bond acceptors (Lipinski definition) is 6. The SMILES string of the molecule is C=C1C2=C(C(=O)C(C)=C(N)C2=O)N2C[C@H]3N[C@H]3[C@@]12OC. The maximum Gasteiger partial charge on any atom is 0.211 e. The van der Waals surface area contributed by atoms with Crippen LogP contribution >= 0.6 is 0 Å². The lowest BCUT2D eigenvalue weighted by atomic mass is 9.87. The van der Waals surface area contributed by atoms with Crippen LogP contribution in [0.5, 0.6) is 0 Å². The van der Waals surface area contributed by atoms with E-state index in [0.717, 1.165) is 0 Å². The fourth-order valence-corrected chi connectivity index (χ4v) is 3.73. The van der Waals surface area contributed by atoms with Gasteiger partial charge < -0.3 is 20.7 Å². The van der Waals surface area contributed by atoms with E-state index in [1.165, 1.54) is 0 Å². The second kappa shape index (κ2) is 3.21. The molecule has 1 aliphatic carbocycles. The summed E-state index contributed by atoms with van der Waals surface area (Å²) in [5.74, 6) is -0.511. The highest BCUT2D eigenvalue weighted by molar-refractivity contribution is 6.27. The summed E-state index contributed by atoms with van der Waals surface area (Å²) >= 11 is 0. The summed E-state index contributed by atoms with van der Waals surface area (Å²) in [5, 5.41) is 3.30. The summed E-state index contributed by atoms with van der Waals surface area (Å²) in [4.78, 5) is 26.8. The number of ether oxygens (including phenoxy) is 1. The number of Topliss-reactive ketones (excluding diaryl/α,β-unsaturated/α-hetero) is 2. The van der Waals surface area contributed by atoms with Gasteiger partial charge in [0.1, 0.15) is 0 Å². The van der Waals surface area contributed by atoms with Gasteiger partial charge in [0.15, 0.2) is 5.72 Å². The first-order valence-electron chi connectivity index (χ1n) is 6.53. The molecule has 4 rings (SSSR count). The van der Waals surface area contributed by atoms with Crippen molar-refractivity contribution in [3.05, 3.63) is 34.7 Å². The maximum absolute atomic E-state index is 12.5. The molecule has 3 heterocycles. The van der Waals surface area contributed by atoms with E-state index in [1.54, 1.807) is 14.0 Å². The van der Waals surface area contributed by atoms with Gasteiger partial charge in [-0.2, -0.15) is 0 Å². The molecule has 0 saturated carbocycles. The van der Waals surface area contributed by atoms with Crippen molar-refractivity contribution in [1.82, 2.24) is 10.2 Å². The zero-order valence-corrected chi connectivity index (χ0v) is 11.3. The van der Waals surface area contributed by atoms with Crippen LogP contribution in [0.15, 0.2) is 34.7 Å². The molecule has 3 N–H and O–H groups in total. The Kier molecular flexibility index (Phi) is 1.91. The Morgan fingerprint density at radius 2 is 2.15 bits per heavy atom. The summed E-state index contributed by atoms with van der Waals surface area (Å²) in [6, 6.07) is 0.361. The minimum Gasteiger partial charge on any atom is -0.395 e. The highest BCUT2D eigenvalue weighted by Gasteiger charge is 2.70. The van der Waals surface area contributed by atoms with E-state index in [9.17, 15) is 9.59 Å². The molecule has 4 aliphatic rings. The van der Waals surface area contributed by atoms with Crippen molar-refractivity contribution in [3.8, 4) is 0 Å². The minimum absolute atomic E-state index is 0.0163. The first kappa shape index (κ1) is 11.9. The van der Waals surface area contributed by atoms with Crippen LogP contribution in [0.2, 0.25) is 0 Å². The second-order valence-electron chi connectivity index (χ2n) is 5.66. The monoisotopic (exact) mass is 273 g/mol. The molecule has 20 heavy (non-hydrogen) atoms. The zero-order valence-electron chi connectivity index (χ0n) is 11.3. The number of nitrogens with one attached hydrogen (secondary N) is 1. The van der Waals surface area contributed by atoms with Gasteiger partial charge in [0.2, 0.25) is 11.6 Å². The van der Waals surface area contributed by atoms with Gasteiger partial charge in [-0.15, -0.1) is 0 Å². The molecule has 0 spiro atoms. The molecular formula is C14H15N3O3. The van der Waals surface area contributed by atoms with Crippen molar-refractivity contribution in [1.29, 1.82) is 0 Å². The number of carbonyl (C=O) groups is 2. The Morgan fingerprint density at radius 3 is 2.80 bits per heavy atom. The fourth-order valence-electron chi connectivity index (χ4n) is 3.73. The number of rotatable bonds is 1. The molecule has 2 fully saturated rings. The Morgan fingerprint density at radius 1 is 1.45 bits per heavy atom. The Labute approximate surface area is 115 Å². The van der Waals surface area contributed by atoms with Crippen LogP contribution in [-0.2, 0) is 14.3 Å². The minimum atomic E-state index is -0.814. The smallest absolute Gasteiger partial charge is 0.211 e. The van der Waals surface area contributed by atoms with Gasteiger partial charge in [-0.3, -0.25) is 9.59 Å². The predicted octanol–water partition coefficient (Wildman–Crippen LogP) is -0.806. The van der Waals surface area contributed by atoms with Crippen molar-refractivity contribution >= 4 is 11.6 Å². The second-order valence-corrected chi connectivity index (χ2v) is 5.66. The van der Waals surface area contributed by atoms with Crippen LogP contribution in [0.4, 0.5) is 0 Å². The van der Waals surface area contributed by atoms with Crippen LogP contribution < -0.4 is 11.1 Å². The normalized spacial score (nSPS) is 38.5. The van der Waals surface area contributed by atoms with Crippen molar-refractivity contribution in [3.63, 3.8) is 0 Å². The first-order chi connectivity index (χ1) is 9.45. The van der Waals surface area contributed by atoms with Gasteiger partial charge in [0.05, 0.1) is 23.0 Å². The van der Waals surface area contributed by atoms with Gasteiger partial charge in [0.25, 0.3) is 0 Å². The third kappa shape index (κ3) is 0.980. The van der Waals surface area contributed by atoms with Crippen LogP contribution in [0.25, 0.3) is 0 Å². The number of ketones is 2. The molecule has 2 saturated heterocycles. The largest absolute Gasteiger partial charge is 0.395 e. The van der Waals surface area contributed by atoms with Gasteiger partial charge in [-0.1, -0.05) is 6.58 Å². The first-order valence-corrected chi connectivity index (χ1v) is 6.53. The molecular weight excluding hydrogens is 258 g/mol. The van der Waals surface area contributed by atoms with Crippen LogP contribution in [0, 0.1) is 0 Å². The topological polar surface area (TPSA) is 94.6 Å². The molecule has 3 aliphatic heterocycles. The predicted molar refractivity (Wildman–Crippen MR) is 70.2 cm³/mol. The zero-order chi connectivity index (χ0) is 14.4. The molecule has 0 aromatic carbocycles. The summed E-state index contributed by atoms with van der Waals surface area (Å²) in [7, 11) is 1.58. The van der Waals surface area contributed by atoms with Crippen molar-refractivity contribution in [2.45, 2.75) is 24.7 Å². The fraction of sp³-hybridized carbons (Fsp3) is 0.429. The Hall–Kier alpha value is -1.92. The molecule has 0 amide bonds. The number of nitrogens with two attached hydrogens (primary N) is 1. The van der Waals surface area contributed by atoms with E-state index >= 15 is 0 Å². The van der Waals surface area contributed by atoms with Crippen molar-refractivity contribution < 1.29 is 14.3 Å². The van der Waals surface area contributed by atoms with E-state index in [-0.39, 0.29) is 29.3 Å². The highest BCUT2D eigenvalue weighted by atomic mass is 16.5. The van der Waals surface area contributed by atoms with E-state index < -0.39 is 5.72 Å². The number of piperazine rings is 1. The highest BCUT2D eigenvalue weighted by Crippen LogP contribution is 2.54. The van der Waals surface area contributed by atoms with Crippen LogP contribution in [0.1, 0.15) is 6.92 Å². The summed E-state index contributed by atoms with van der Waals surface area (Å²) in [6.07, 6.45) is 0. The molecule has 0 unspecified atom stereocenters. The lowest BCUT2D eigenvalue weighted by Gasteiger charge is -2.36. The molecule has 0 aromatic heterocycles. The Balaban J connectivity index is 1.93. The maximum atomic E-state index is 12.5. The summed E-state index contributed by atoms with van der Waals surface area (Å²) < 4.78 is 5.71. The molecule has 3 atom stereocenters. The molecule has 104 valence electrons. The van der Waals surface area contributed by atoms with Crippen molar-refractivity contribution in [2.75, 3.05) is 13.7 Å². The van der Waals surface area contributed by atoms with E-state index in [2.05, 4.69) is 11.9 Å². The number of fused-ring (bicyclic) bond motifs is 4. The van der Waals surface area contributed by atoms with Gasteiger partial charge in [-0.25, -0.2) is 0 Å². The number of nitrogens with zero attached hydrogens (tertiary/aromatic N) is 1. The van der Waals surface area contributed by atoms with Crippen LogP contribution in [0.3, 0.4) is 0 Å². The van der Waals surface area contributed by atoms with E-state index in [1.807, 2.05) is 4.90 Å². The molecule has 0 aromatic rings.